The van der Waals surface area contributed by atoms with Gasteiger partial charge in [-0.1, -0.05) is 18.2 Å². The van der Waals surface area contributed by atoms with Gasteiger partial charge >= 0.3 is 12.1 Å². The van der Waals surface area contributed by atoms with Crippen LogP contribution in [0.1, 0.15) is 32.8 Å². The SMILES string of the molecule is COC(=O)C1CC2(CN1C(C)(C)C)C(=O)N(C(=O)O)c1ccccc12. The number of rotatable bonds is 1. The van der Waals surface area contributed by atoms with E-state index >= 15 is 0 Å². The van der Waals surface area contributed by atoms with Gasteiger partial charge < -0.3 is 9.84 Å². The van der Waals surface area contributed by atoms with E-state index in [4.69, 9.17) is 4.74 Å². The van der Waals surface area contributed by atoms with Gasteiger partial charge in [0.2, 0.25) is 5.91 Å². The Bertz CT molecular complexity index is 754. The lowest BCUT2D eigenvalue weighted by Crippen LogP contribution is -2.49. The Labute approximate surface area is 146 Å². The summed E-state index contributed by atoms with van der Waals surface area (Å²) in [5, 5.41) is 9.52. The molecule has 7 nitrogen and oxygen atoms in total. The molecule has 2 atom stereocenters. The molecule has 1 spiro atoms. The number of esters is 1. The monoisotopic (exact) mass is 346 g/mol. The van der Waals surface area contributed by atoms with Gasteiger partial charge in [0.05, 0.1) is 18.2 Å². The molecule has 2 unspecified atom stereocenters. The van der Waals surface area contributed by atoms with Crippen LogP contribution in [0.2, 0.25) is 0 Å². The zero-order valence-electron chi connectivity index (χ0n) is 14.8. The van der Waals surface area contributed by atoms with Crippen molar-refractivity contribution in [3.63, 3.8) is 0 Å². The van der Waals surface area contributed by atoms with E-state index in [9.17, 15) is 19.5 Å². The van der Waals surface area contributed by atoms with E-state index < -0.39 is 29.4 Å². The summed E-state index contributed by atoms with van der Waals surface area (Å²) < 4.78 is 4.94. The van der Waals surface area contributed by atoms with Crippen molar-refractivity contribution in [3.05, 3.63) is 29.8 Å². The highest BCUT2D eigenvalue weighted by Crippen LogP contribution is 2.50. The molecule has 2 heterocycles. The zero-order valence-corrected chi connectivity index (χ0v) is 14.8. The van der Waals surface area contributed by atoms with Gasteiger partial charge in [-0.05, 0) is 38.8 Å². The van der Waals surface area contributed by atoms with Gasteiger partial charge in [0.1, 0.15) is 6.04 Å². The number of amides is 2. The van der Waals surface area contributed by atoms with E-state index in [-0.39, 0.29) is 18.5 Å². The highest BCUT2D eigenvalue weighted by molar-refractivity contribution is 6.21. The van der Waals surface area contributed by atoms with Crippen LogP contribution in [0, 0.1) is 0 Å². The number of nitrogens with zero attached hydrogens (tertiary/aromatic N) is 2. The van der Waals surface area contributed by atoms with Crippen molar-refractivity contribution >= 4 is 23.7 Å². The van der Waals surface area contributed by atoms with Gasteiger partial charge in [-0.2, -0.15) is 0 Å². The summed E-state index contributed by atoms with van der Waals surface area (Å²) in [4.78, 5) is 39.9. The Hall–Kier alpha value is -2.41. The predicted octanol–water partition coefficient (Wildman–Crippen LogP) is 1.99. The first-order valence-electron chi connectivity index (χ1n) is 8.15. The molecule has 2 aliphatic rings. The predicted molar refractivity (Wildman–Crippen MR) is 90.5 cm³/mol. The minimum absolute atomic E-state index is 0.205. The van der Waals surface area contributed by atoms with Crippen LogP contribution >= 0.6 is 0 Å². The highest BCUT2D eigenvalue weighted by Gasteiger charge is 2.61. The molecule has 1 aromatic rings. The molecular weight excluding hydrogens is 324 g/mol. The number of benzene rings is 1. The number of ether oxygens (including phenoxy) is 1. The van der Waals surface area contributed by atoms with E-state index in [1.165, 1.54) is 7.11 Å². The average molecular weight is 346 g/mol. The zero-order chi connectivity index (χ0) is 18.6. The Balaban J connectivity index is 2.15. The van der Waals surface area contributed by atoms with Gasteiger partial charge in [-0.25, -0.2) is 9.69 Å². The van der Waals surface area contributed by atoms with Crippen LogP contribution in [0.25, 0.3) is 0 Å². The summed E-state index contributed by atoms with van der Waals surface area (Å²) in [6, 6.07) is 6.29. The molecule has 0 saturated carbocycles. The molecule has 0 radical (unpaired) electrons. The standard InChI is InChI=1S/C18H22N2O5/c1-17(2,3)19-10-18(9-13(19)14(21)25-4)11-7-5-6-8-12(11)20(15(18)22)16(23)24/h5-8,13H,9-10H2,1-4H3,(H,23,24). The molecule has 0 bridgehead atoms. The number of carbonyl (C=O) groups excluding carboxylic acids is 2. The lowest BCUT2D eigenvalue weighted by molar-refractivity contribution is -0.147. The summed E-state index contributed by atoms with van der Waals surface area (Å²) in [7, 11) is 1.32. The van der Waals surface area contributed by atoms with E-state index in [0.717, 1.165) is 4.90 Å². The van der Waals surface area contributed by atoms with Gasteiger partial charge in [0.15, 0.2) is 0 Å². The third kappa shape index (κ3) is 2.41. The molecule has 1 N–H and O–H groups in total. The van der Waals surface area contributed by atoms with Crippen molar-refractivity contribution in [3.8, 4) is 0 Å². The molecule has 2 amide bonds. The Morgan fingerprint density at radius 1 is 1.28 bits per heavy atom. The number of likely N-dealkylation sites (tertiary alicyclic amines) is 1. The number of fused-ring (bicyclic) bond motifs is 2. The van der Waals surface area contributed by atoms with Crippen LogP contribution in [0.15, 0.2) is 24.3 Å². The number of para-hydroxylation sites is 1. The van der Waals surface area contributed by atoms with Crippen LogP contribution in [0.5, 0.6) is 0 Å². The molecule has 7 heteroatoms. The molecule has 1 saturated heterocycles. The Kier molecular flexibility index (Phi) is 3.87. The lowest BCUT2D eigenvalue weighted by Gasteiger charge is -2.36. The minimum atomic E-state index is -1.31. The first-order valence-corrected chi connectivity index (χ1v) is 8.15. The number of carbonyl (C=O) groups is 3. The first kappa shape index (κ1) is 17.4. The second-order valence-electron chi connectivity index (χ2n) is 7.56. The highest BCUT2D eigenvalue weighted by atomic mass is 16.5. The topological polar surface area (TPSA) is 87.2 Å². The van der Waals surface area contributed by atoms with Crippen LogP contribution in [0.4, 0.5) is 10.5 Å². The van der Waals surface area contributed by atoms with Crippen molar-refractivity contribution in [2.24, 2.45) is 0 Å². The maximum Gasteiger partial charge on any atom is 0.418 e. The van der Waals surface area contributed by atoms with Gasteiger partial charge in [0.25, 0.3) is 0 Å². The fraction of sp³-hybridized carbons (Fsp3) is 0.500. The summed E-state index contributed by atoms with van der Waals surface area (Å²) in [5.41, 5.74) is -0.405. The molecule has 2 aliphatic heterocycles. The van der Waals surface area contributed by atoms with Crippen LogP contribution in [-0.2, 0) is 19.7 Å². The lowest BCUT2D eigenvalue weighted by atomic mass is 9.79. The largest absolute Gasteiger partial charge is 0.468 e. The number of carboxylic acid groups (broad SMARTS) is 1. The quantitative estimate of drug-likeness (QED) is 0.783. The Morgan fingerprint density at radius 2 is 1.92 bits per heavy atom. The molecule has 0 aromatic heterocycles. The summed E-state index contributed by atoms with van der Waals surface area (Å²) in [6.07, 6.45) is -1.10. The molecule has 134 valence electrons. The normalized spacial score (nSPS) is 26.2. The second-order valence-corrected chi connectivity index (χ2v) is 7.56. The summed E-state index contributed by atoms with van der Waals surface area (Å²) >= 11 is 0. The van der Waals surface area contributed by atoms with E-state index in [2.05, 4.69) is 0 Å². The fourth-order valence-corrected chi connectivity index (χ4v) is 4.01. The van der Waals surface area contributed by atoms with Crippen LogP contribution < -0.4 is 4.90 Å². The van der Waals surface area contributed by atoms with Crippen molar-refractivity contribution in [1.82, 2.24) is 4.90 Å². The van der Waals surface area contributed by atoms with Crippen molar-refractivity contribution in [2.75, 3.05) is 18.6 Å². The number of hydrogen-bond acceptors (Lipinski definition) is 5. The molecule has 0 aliphatic carbocycles. The molecule has 1 aromatic carbocycles. The molecule has 25 heavy (non-hydrogen) atoms. The van der Waals surface area contributed by atoms with E-state index in [1.807, 2.05) is 25.7 Å². The maximum absolute atomic E-state index is 13.1. The third-order valence-electron chi connectivity index (χ3n) is 5.16. The fourth-order valence-electron chi connectivity index (χ4n) is 4.01. The Morgan fingerprint density at radius 3 is 2.48 bits per heavy atom. The van der Waals surface area contributed by atoms with Gasteiger partial charge in [-0.3, -0.25) is 14.5 Å². The third-order valence-corrected chi connectivity index (χ3v) is 5.16. The molecule has 3 rings (SSSR count). The van der Waals surface area contributed by atoms with Crippen molar-refractivity contribution in [2.45, 2.75) is 44.2 Å². The maximum atomic E-state index is 13.1. The number of hydrogen-bond donors (Lipinski definition) is 1. The summed E-state index contributed by atoms with van der Waals surface area (Å²) in [5.74, 6) is -0.910. The van der Waals surface area contributed by atoms with Crippen molar-refractivity contribution in [1.29, 1.82) is 0 Å². The van der Waals surface area contributed by atoms with E-state index in [1.54, 1.807) is 24.3 Å². The van der Waals surface area contributed by atoms with Crippen LogP contribution in [-0.4, -0.2) is 53.2 Å². The molecular formula is C18H22N2O5. The van der Waals surface area contributed by atoms with Gasteiger partial charge in [-0.15, -0.1) is 0 Å². The average Bonchev–Trinajstić information content (AvgIpc) is 3.06. The number of methoxy groups -OCH3 is 1. The smallest absolute Gasteiger partial charge is 0.418 e. The van der Waals surface area contributed by atoms with Crippen LogP contribution in [0.3, 0.4) is 0 Å². The molecule has 1 fully saturated rings. The first-order chi connectivity index (χ1) is 11.6. The van der Waals surface area contributed by atoms with Gasteiger partial charge in [0, 0.05) is 12.1 Å². The van der Waals surface area contributed by atoms with E-state index in [0.29, 0.717) is 11.3 Å². The van der Waals surface area contributed by atoms with Crippen molar-refractivity contribution < 1.29 is 24.2 Å². The number of imide groups is 1. The minimum Gasteiger partial charge on any atom is -0.468 e. The summed E-state index contributed by atoms with van der Waals surface area (Å²) in [6.45, 7) is 6.16. The second kappa shape index (κ2) is 5.56. The number of anilines is 1.